The fraction of sp³-hybridized carbons (Fsp3) is 0.143. The van der Waals surface area contributed by atoms with Gasteiger partial charge in [-0.1, -0.05) is 18.2 Å². The lowest BCUT2D eigenvalue weighted by atomic mass is 9.97. The summed E-state index contributed by atoms with van der Waals surface area (Å²) in [6.45, 7) is 1.86. The molecule has 0 bridgehead atoms. The number of fused-ring (bicyclic) bond motifs is 1. The van der Waals surface area contributed by atoms with Gasteiger partial charge >= 0.3 is 5.97 Å². The Labute approximate surface area is 98.7 Å². The summed E-state index contributed by atoms with van der Waals surface area (Å²) in [5.74, 6) is -0.305. The Balaban J connectivity index is 2.13. The van der Waals surface area contributed by atoms with Crippen molar-refractivity contribution in [2.75, 3.05) is 0 Å². The van der Waals surface area contributed by atoms with Crippen LogP contribution >= 0.6 is 0 Å². The molecule has 0 amide bonds. The fourth-order valence-corrected chi connectivity index (χ4v) is 2.00. The monoisotopic (exact) mass is 225 g/mol. The van der Waals surface area contributed by atoms with Crippen LogP contribution in [0.2, 0.25) is 0 Å². The van der Waals surface area contributed by atoms with Crippen molar-refractivity contribution < 1.29 is 9.53 Å². The van der Waals surface area contributed by atoms with Crippen LogP contribution in [0.15, 0.2) is 48.7 Å². The zero-order valence-electron chi connectivity index (χ0n) is 9.38. The van der Waals surface area contributed by atoms with Gasteiger partial charge in [0.05, 0.1) is 5.52 Å². The molecule has 1 aliphatic rings. The van der Waals surface area contributed by atoms with Crippen LogP contribution in [-0.4, -0.2) is 11.0 Å². The Morgan fingerprint density at radius 1 is 1.29 bits per heavy atom. The molecule has 3 nitrogen and oxygen atoms in total. The minimum absolute atomic E-state index is 0.305. The van der Waals surface area contributed by atoms with Gasteiger partial charge in [0.25, 0.3) is 0 Å². The Kier molecular flexibility index (Phi) is 2.01. The fourth-order valence-electron chi connectivity index (χ4n) is 2.00. The normalized spacial score (nSPS) is 23.0. The van der Waals surface area contributed by atoms with Crippen LogP contribution in [0.3, 0.4) is 0 Å². The largest absolute Gasteiger partial charge is 0.447 e. The van der Waals surface area contributed by atoms with E-state index in [1.807, 2.05) is 37.3 Å². The second-order valence-electron chi connectivity index (χ2n) is 4.28. The highest BCUT2D eigenvalue weighted by Gasteiger charge is 2.32. The molecule has 84 valence electrons. The van der Waals surface area contributed by atoms with Gasteiger partial charge in [-0.15, -0.1) is 0 Å². The van der Waals surface area contributed by atoms with Crippen molar-refractivity contribution in [2.45, 2.75) is 12.5 Å². The number of hydrogen-bond acceptors (Lipinski definition) is 3. The third kappa shape index (κ3) is 1.60. The molecule has 0 radical (unpaired) electrons. The number of nitrogens with zero attached hydrogens (tertiary/aromatic N) is 1. The molecule has 1 aromatic carbocycles. The summed E-state index contributed by atoms with van der Waals surface area (Å²) in [4.78, 5) is 15.5. The van der Waals surface area contributed by atoms with Crippen LogP contribution in [0.25, 0.3) is 10.9 Å². The maximum atomic E-state index is 11.2. The van der Waals surface area contributed by atoms with Crippen molar-refractivity contribution in [3.05, 3.63) is 54.2 Å². The minimum atomic E-state index is -0.686. The molecule has 0 spiro atoms. The molecule has 2 aromatic rings. The topological polar surface area (TPSA) is 39.2 Å². The summed E-state index contributed by atoms with van der Waals surface area (Å²) >= 11 is 0. The molecule has 0 N–H and O–H groups in total. The first-order valence-electron chi connectivity index (χ1n) is 5.45. The second-order valence-corrected chi connectivity index (χ2v) is 4.28. The zero-order valence-corrected chi connectivity index (χ0v) is 9.38. The maximum Gasteiger partial charge on any atom is 0.331 e. The molecular weight excluding hydrogens is 214 g/mol. The van der Waals surface area contributed by atoms with Gasteiger partial charge in [-0.2, -0.15) is 0 Å². The van der Waals surface area contributed by atoms with Gasteiger partial charge in [-0.25, -0.2) is 4.79 Å². The Morgan fingerprint density at radius 3 is 2.88 bits per heavy atom. The number of cyclic esters (lactones) is 1. The van der Waals surface area contributed by atoms with E-state index < -0.39 is 5.60 Å². The molecule has 0 saturated heterocycles. The second kappa shape index (κ2) is 3.42. The first-order valence-corrected chi connectivity index (χ1v) is 5.45. The first-order chi connectivity index (χ1) is 8.17. The average molecular weight is 225 g/mol. The average Bonchev–Trinajstić information content (AvgIpc) is 2.70. The van der Waals surface area contributed by atoms with E-state index in [1.54, 1.807) is 12.3 Å². The summed E-state index contributed by atoms with van der Waals surface area (Å²) in [5, 5.41) is 1.04. The van der Waals surface area contributed by atoms with Crippen molar-refractivity contribution in [3.8, 4) is 0 Å². The molecule has 0 saturated carbocycles. The molecule has 1 atom stereocenters. The van der Waals surface area contributed by atoms with Crippen molar-refractivity contribution in [2.24, 2.45) is 0 Å². The summed E-state index contributed by atoms with van der Waals surface area (Å²) < 4.78 is 5.29. The van der Waals surface area contributed by atoms with Crippen LogP contribution < -0.4 is 0 Å². The predicted octanol–water partition coefficient (Wildman–Crippen LogP) is 2.56. The molecule has 0 fully saturated rings. The summed E-state index contributed by atoms with van der Waals surface area (Å²) in [6, 6.07) is 9.87. The van der Waals surface area contributed by atoms with E-state index in [2.05, 4.69) is 4.98 Å². The van der Waals surface area contributed by atoms with Crippen LogP contribution in [0.5, 0.6) is 0 Å². The molecule has 1 unspecified atom stereocenters. The lowest BCUT2D eigenvalue weighted by molar-refractivity contribution is -0.145. The van der Waals surface area contributed by atoms with E-state index in [0.717, 1.165) is 16.5 Å². The van der Waals surface area contributed by atoms with Crippen molar-refractivity contribution in [3.63, 3.8) is 0 Å². The Bertz CT molecular complexity index is 633. The van der Waals surface area contributed by atoms with Gasteiger partial charge in [0.2, 0.25) is 0 Å². The van der Waals surface area contributed by atoms with Crippen LogP contribution in [0.1, 0.15) is 12.5 Å². The van der Waals surface area contributed by atoms with Crippen LogP contribution in [0.4, 0.5) is 0 Å². The lowest BCUT2D eigenvalue weighted by Crippen LogP contribution is -2.21. The van der Waals surface area contributed by atoms with Crippen molar-refractivity contribution in [1.29, 1.82) is 0 Å². The number of benzene rings is 1. The number of ether oxygens (including phenoxy) is 1. The number of para-hydroxylation sites is 1. The van der Waals surface area contributed by atoms with Crippen molar-refractivity contribution in [1.82, 2.24) is 4.98 Å². The van der Waals surface area contributed by atoms with E-state index in [1.165, 1.54) is 6.08 Å². The van der Waals surface area contributed by atoms with E-state index >= 15 is 0 Å². The molecule has 3 rings (SSSR count). The van der Waals surface area contributed by atoms with Crippen molar-refractivity contribution >= 4 is 16.9 Å². The third-order valence-corrected chi connectivity index (χ3v) is 3.01. The summed E-state index contributed by atoms with van der Waals surface area (Å²) in [5.41, 5.74) is 1.14. The van der Waals surface area contributed by atoms with Crippen LogP contribution in [0, 0.1) is 0 Å². The standard InChI is InChI=1S/C14H11NO2/c1-14(7-6-13(16)17-14)11-8-10-4-2-3-5-12(10)15-9-11/h2-9H,1H3. The van der Waals surface area contributed by atoms with Gasteiger partial charge in [0.15, 0.2) is 5.60 Å². The Morgan fingerprint density at radius 2 is 2.12 bits per heavy atom. The number of rotatable bonds is 1. The highest BCUT2D eigenvalue weighted by Crippen LogP contribution is 2.32. The predicted molar refractivity (Wildman–Crippen MR) is 64.3 cm³/mol. The number of esters is 1. The maximum absolute atomic E-state index is 11.2. The van der Waals surface area contributed by atoms with E-state index in [9.17, 15) is 4.79 Å². The molecule has 17 heavy (non-hydrogen) atoms. The van der Waals surface area contributed by atoms with E-state index in [-0.39, 0.29) is 5.97 Å². The van der Waals surface area contributed by atoms with Gasteiger partial charge in [0.1, 0.15) is 0 Å². The van der Waals surface area contributed by atoms with Gasteiger partial charge in [-0.05, 0) is 25.1 Å². The summed E-state index contributed by atoms with van der Waals surface area (Å²) in [7, 11) is 0. The molecule has 2 heterocycles. The smallest absolute Gasteiger partial charge is 0.331 e. The number of hydrogen-bond donors (Lipinski definition) is 0. The highest BCUT2D eigenvalue weighted by molar-refractivity contribution is 5.86. The van der Waals surface area contributed by atoms with E-state index in [0.29, 0.717) is 0 Å². The van der Waals surface area contributed by atoms with Gasteiger partial charge < -0.3 is 4.74 Å². The zero-order chi connectivity index (χ0) is 11.9. The number of carbonyl (C=O) groups is 1. The first kappa shape index (κ1) is 10.0. The van der Waals surface area contributed by atoms with Crippen LogP contribution in [-0.2, 0) is 15.1 Å². The quantitative estimate of drug-likeness (QED) is 0.700. The number of aromatic nitrogens is 1. The third-order valence-electron chi connectivity index (χ3n) is 3.01. The number of carbonyl (C=O) groups excluding carboxylic acids is 1. The molecule has 3 heteroatoms. The highest BCUT2D eigenvalue weighted by atomic mass is 16.6. The molecule has 0 aliphatic carbocycles. The van der Waals surface area contributed by atoms with Gasteiger partial charge in [0, 0.05) is 23.2 Å². The molecule has 1 aromatic heterocycles. The Hall–Kier alpha value is -2.16. The molecule has 1 aliphatic heterocycles. The van der Waals surface area contributed by atoms with Gasteiger partial charge in [-0.3, -0.25) is 4.98 Å². The van der Waals surface area contributed by atoms with E-state index in [4.69, 9.17) is 4.74 Å². The SMILES string of the molecule is CC1(c2cnc3ccccc3c2)C=CC(=O)O1. The minimum Gasteiger partial charge on any atom is -0.447 e. The number of pyridine rings is 1. The lowest BCUT2D eigenvalue weighted by Gasteiger charge is -2.21. The summed E-state index contributed by atoms with van der Waals surface area (Å²) in [6.07, 6.45) is 4.97. The molecular formula is C14H11NO2.